The van der Waals surface area contributed by atoms with E-state index in [1.165, 1.54) is 38.6 Å². The van der Waals surface area contributed by atoms with Gasteiger partial charge in [0.15, 0.2) is 0 Å². The van der Waals surface area contributed by atoms with Crippen LogP contribution in [0.2, 0.25) is 5.02 Å². The van der Waals surface area contributed by atoms with Crippen LogP contribution in [0.15, 0.2) is 66.3 Å². The van der Waals surface area contributed by atoms with Crippen LogP contribution in [0.25, 0.3) is 0 Å². The highest BCUT2D eigenvalue weighted by atomic mass is 35.5. The van der Waals surface area contributed by atoms with Gasteiger partial charge in [-0.15, -0.1) is 0 Å². The number of carboxylic acid groups (broad SMARTS) is 1. The van der Waals surface area contributed by atoms with E-state index < -0.39 is 83.6 Å². The van der Waals surface area contributed by atoms with E-state index in [-0.39, 0.29) is 80.8 Å². The van der Waals surface area contributed by atoms with Crippen LogP contribution in [0.3, 0.4) is 0 Å². The Morgan fingerprint density at radius 3 is 2.35 bits per heavy atom. The number of nitrogens with two attached hydrogens (primary N) is 1. The summed E-state index contributed by atoms with van der Waals surface area (Å²) in [6.07, 6.45) is 12.4. The lowest BCUT2D eigenvalue weighted by Gasteiger charge is -2.36. The molecule has 9 N–H and O–H groups in total. The molecule has 0 saturated carbocycles. The molecule has 4 heterocycles. The number of rotatable bonds is 19. The number of aliphatic carboxylic acids is 1. The fourth-order valence-corrected chi connectivity index (χ4v) is 9.11. The Bertz CT molecular complexity index is 2780. The number of ether oxygens (including phenoxy) is 3. The molecule has 2 saturated heterocycles. The first-order valence-corrected chi connectivity index (χ1v) is 27.7. The van der Waals surface area contributed by atoms with Crippen molar-refractivity contribution in [3.05, 3.63) is 88.3 Å². The molecule has 0 aliphatic carbocycles. The number of methoxy groups -OCH3 is 1. The second kappa shape index (κ2) is 32.7. The topological polar surface area (TPSA) is 338 Å². The minimum absolute atomic E-state index is 0.0280. The number of benzene rings is 2. The van der Waals surface area contributed by atoms with Gasteiger partial charge in [0.05, 0.1) is 37.1 Å². The SMILES string of the molecule is CCC.COc1cc2cc(c1Cl)N(C)C(=O)CCC1OC1CC1C[C@](O)(C/C=C/C=C(\C)C2)NC(=O)O1.C[C@@H](C(=O)O)N(C)C(=O)c1ccc(NC(=O)C(CCCNC(N)=O)NC(=O)CNC(=O)CCCCCN2C(=O)C=CC2=O)cc1F. The van der Waals surface area contributed by atoms with Crippen LogP contribution in [0, 0.1) is 5.82 Å². The van der Waals surface area contributed by atoms with E-state index in [1.807, 2.05) is 37.3 Å². The van der Waals surface area contributed by atoms with Crippen molar-refractivity contribution in [1.82, 2.24) is 31.1 Å². The second-order valence-corrected chi connectivity index (χ2v) is 20.8. The molecule has 0 aromatic heterocycles. The number of likely N-dealkylation sites (N-methyl/N-ethyl adjacent to an activating group) is 1. The molecule has 6 rings (SSSR count). The van der Waals surface area contributed by atoms with Crippen molar-refractivity contribution in [3.63, 3.8) is 0 Å². The number of primary amides is 1. The Morgan fingerprint density at radius 2 is 1.70 bits per heavy atom. The van der Waals surface area contributed by atoms with Crippen molar-refractivity contribution >= 4 is 82.4 Å². The molecular weight excluding hydrogens is 1110 g/mol. The molecule has 4 bridgehead atoms. The number of carbonyl (C=O) groups is 10. The Labute approximate surface area is 486 Å². The molecule has 6 atom stereocenters. The number of carboxylic acids is 1. The van der Waals surface area contributed by atoms with Gasteiger partial charge >= 0.3 is 18.1 Å². The van der Waals surface area contributed by atoms with E-state index >= 15 is 0 Å². The minimum atomic E-state index is -1.37. The summed E-state index contributed by atoms with van der Waals surface area (Å²) < 4.78 is 31.3. The number of halogens is 2. The molecule has 2 fully saturated rings. The third-order valence-electron chi connectivity index (χ3n) is 13.5. The summed E-state index contributed by atoms with van der Waals surface area (Å²) in [5.74, 6) is -5.37. The van der Waals surface area contributed by atoms with Crippen molar-refractivity contribution in [2.24, 2.45) is 5.73 Å². The highest BCUT2D eigenvalue weighted by Crippen LogP contribution is 2.38. The van der Waals surface area contributed by atoms with E-state index in [9.17, 15) is 57.4 Å². The van der Waals surface area contributed by atoms with E-state index in [4.69, 9.17) is 36.7 Å². The van der Waals surface area contributed by atoms with E-state index in [1.54, 1.807) is 19.1 Å². The number of allylic oxidation sites excluding steroid dienone is 3. The number of unbranched alkanes of at least 4 members (excludes halogenated alkanes) is 2. The Morgan fingerprint density at radius 1 is 1.00 bits per heavy atom. The van der Waals surface area contributed by atoms with Crippen LogP contribution in [0.5, 0.6) is 5.75 Å². The van der Waals surface area contributed by atoms with Crippen LogP contribution >= 0.6 is 11.6 Å². The first kappa shape index (κ1) is 67.6. The predicted molar refractivity (Wildman–Crippen MR) is 304 cm³/mol. The number of urea groups is 1. The number of nitrogens with zero attached hydrogens (tertiary/aromatic N) is 3. The molecule has 83 heavy (non-hydrogen) atoms. The van der Waals surface area contributed by atoms with E-state index in [2.05, 4.69) is 40.4 Å². The fourth-order valence-electron chi connectivity index (χ4n) is 8.79. The zero-order valence-corrected chi connectivity index (χ0v) is 48.6. The minimum Gasteiger partial charge on any atom is -0.495 e. The van der Waals surface area contributed by atoms with Crippen LogP contribution < -0.4 is 42.0 Å². The lowest BCUT2D eigenvalue weighted by Crippen LogP contribution is -2.56. The van der Waals surface area contributed by atoms with Crippen LogP contribution in [0.4, 0.5) is 25.4 Å². The average molecular weight is 1180 g/mol. The summed E-state index contributed by atoms with van der Waals surface area (Å²) in [4.78, 5) is 124. The number of epoxide rings is 1. The van der Waals surface area contributed by atoms with Gasteiger partial charge in [0.2, 0.25) is 23.6 Å². The summed E-state index contributed by atoms with van der Waals surface area (Å²) in [7, 11) is 4.47. The Hall–Kier alpha value is -7.90. The van der Waals surface area contributed by atoms with Gasteiger partial charge in [0.25, 0.3) is 17.7 Å². The third-order valence-corrected chi connectivity index (χ3v) is 13.8. The molecule has 0 spiro atoms. The Balaban J connectivity index is 0.000000353. The molecule has 4 aliphatic rings. The lowest BCUT2D eigenvalue weighted by molar-refractivity contribution is -0.141. The zero-order chi connectivity index (χ0) is 61.6. The number of hydrogen-bond acceptors (Lipinski definition) is 14. The maximum absolute atomic E-state index is 14.8. The quantitative estimate of drug-likeness (QED) is 0.0513. The van der Waals surface area contributed by atoms with Crippen molar-refractivity contribution in [2.45, 2.75) is 147 Å². The number of imide groups is 1. The molecule has 2 aromatic rings. The highest BCUT2D eigenvalue weighted by molar-refractivity contribution is 6.35. The van der Waals surface area contributed by atoms with Gasteiger partial charge in [-0.25, -0.2) is 18.8 Å². The first-order valence-electron chi connectivity index (χ1n) is 27.3. The smallest absolute Gasteiger partial charge is 0.409 e. The normalized spacial score (nSPS) is 21.0. The fraction of sp³-hybridized carbons (Fsp3) is 0.509. The largest absolute Gasteiger partial charge is 0.495 e. The van der Waals surface area contributed by atoms with Gasteiger partial charge in [-0.1, -0.05) is 62.1 Å². The number of fused-ring (bicyclic) bond motifs is 5. The maximum atomic E-state index is 14.8. The van der Waals surface area contributed by atoms with E-state index in [0.717, 1.165) is 33.1 Å². The van der Waals surface area contributed by atoms with Crippen LogP contribution in [0.1, 0.15) is 121 Å². The number of amides is 10. The third kappa shape index (κ3) is 21.7. The molecule has 454 valence electrons. The predicted octanol–water partition coefficient (Wildman–Crippen LogP) is 5.15. The number of carbonyl (C=O) groups excluding carboxylic acids is 9. The number of alkyl carbamates (subject to hydrolysis) is 1. The van der Waals surface area contributed by atoms with Gasteiger partial charge < -0.3 is 61.2 Å². The van der Waals surface area contributed by atoms with Crippen LogP contribution in [-0.2, 0) is 49.5 Å². The van der Waals surface area contributed by atoms with Gasteiger partial charge in [-0.2, -0.15) is 0 Å². The van der Waals surface area contributed by atoms with Gasteiger partial charge in [0, 0.05) is 77.1 Å². The summed E-state index contributed by atoms with van der Waals surface area (Å²) >= 11 is 6.54. The number of aliphatic hydroxyl groups is 1. The average Bonchev–Trinajstić information content (AvgIpc) is 4.35. The molecule has 24 nitrogen and oxygen atoms in total. The van der Waals surface area contributed by atoms with Crippen LogP contribution in [-0.4, -0.2) is 156 Å². The molecule has 4 unspecified atom stereocenters. The molecule has 4 aliphatic heterocycles. The highest BCUT2D eigenvalue weighted by Gasteiger charge is 2.45. The number of nitrogens with one attached hydrogen (secondary N) is 5. The molecule has 26 heteroatoms. The van der Waals surface area contributed by atoms with Gasteiger partial charge in [0.1, 0.15) is 40.5 Å². The summed E-state index contributed by atoms with van der Waals surface area (Å²) in [6, 6.07) is 3.81. The summed E-state index contributed by atoms with van der Waals surface area (Å²) in [6.45, 7) is 7.40. The molecular formula is C57H77ClFN9O15. The monoisotopic (exact) mass is 1180 g/mol. The van der Waals surface area contributed by atoms with Crippen molar-refractivity contribution in [2.75, 3.05) is 51.1 Å². The molecule has 10 amide bonds. The summed E-state index contributed by atoms with van der Waals surface area (Å²) in [5, 5.41) is 32.7. The maximum Gasteiger partial charge on any atom is 0.409 e. The number of hydrogen-bond donors (Lipinski definition) is 8. The Kier molecular flexibility index (Phi) is 26.6. The second-order valence-electron chi connectivity index (χ2n) is 20.4. The number of anilines is 2. The zero-order valence-electron chi connectivity index (χ0n) is 47.9. The molecule has 0 radical (unpaired) electrons. The van der Waals surface area contributed by atoms with Gasteiger partial charge in [-0.3, -0.25) is 43.8 Å². The lowest BCUT2D eigenvalue weighted by atomic mass is 9.96. The van der Waals surface area contributed by atoms with Gasteiger partial charge in [-0.05, 0) is 88.3 Å². The van der Waals surface area contributed by atoms with Crippen molar-refractivity contribution in [1.29, 1.82) is 0 Å². The standard InChI is InChI=1S/C29H38FN7O9.C25H31ClN2O6.C3H8/c1-17(28(44)45)36(2)27(43)19-10-9-18(15-20(19)30)34-26(42)21(7-6-13-32-29(31)46)35-23(39)16-33-22(38)8-4-3-5-14-37-24(40)11-12-25(37)41;1-15-6-4-5-9-25(31)14-17(33-24(30)27-25)13-20-19(34-20)7-8-22(29)28(2)18-11-16(10-15)12-21(32-3)23(18)26;1-3-2/h9-12,15,17,21H,3-8,13-14,16H2,1-2H3,(H,33,38)(H,34,42)(H,35,39)(H,44,45)(H3,31,32,46);4-6,11-12,17,19-20,31H,7-10,13-14H2,1-3H3,(H,27,30);3H2,1-2H3/b;5-4+,15-6+;/t17-,21?;17?,19?,20?,25-;/m01./s1. The molecule has 2 aromatic carbocycles. The van der Waals surface area contributed by atoms with E-state index in [0.29, 0.717) is 61.4 Å². The summed E-state index contributed by atoms with van der Waals surface area (Å²) in [5.41, 5.74) is 5.83. The van der Waals surface area contributed by atoms with Crippen molar-refractivity contribution < 1.29 is 76.8 Å². The first-order chi connectivity index (χ1) is 39.3. The van der Waals surface area contributed by atoms with Crippen molar-refractivity contribution in [3.8, 4) is 5.75 Å².